The number of methoxy groups -OCH3 is 1. The first-order valence-electron chi connectivity index (χ1n) is 5.79. The van der Waals surface area contributed by atoms with Crippen LogP contribution in [0.5, 0.6) is 5.75 Å². The average Bonchev–Trinajstić information content (AvgIpc) is 2.81. The third-order valence-electron chi connectivity index (χ3n) is 3.06. The molecular formula is C15H14N2O. The van der Waals surface area contributed by atoms with Crippen molar-refractivity contribution in [2.24, 2.45) is 0 Å². The van der Waals surface area contributed by atoms with Crippen LogP contribution in [0.4, 0.5) is 5.69 Å². The highest BCUT2D eigenvalue weighted by atomic mass is 16.5. The van der Waals surface area contributed by atoms with Gasteiger partial charge >= 0.3 is 0 Å². The number of nitrogens with two attached hydrogens (primary N) is 1. The van der Waals surface area contributed by atoms with Crippen molar-refractivity contribution in [3.05, 3.63) is 54.7 Å². The van der Waals surface area contributed by atoms with Gasteiger partial charge < -0.3 is 15.0 Å². The molecule has 18 heavy (non-hydrogen) atoms. The van der Waals surface area contributed by atoms with E-state index in [-0.39, 0.29) is 0 Å². The second-order valence-electron chi connectivity index (χ2n) is 4.20. The van der Waals surface area contributed by atoms with Crippen LogP contribution in [0, 0.1) is 0 Å². The van der Waals surface area contributed by atoms with Gasteiger partial charge in [0.15, 0.2) is 0 Å². The Labute approximate surface area is 105 Å². The van der Waals surface area contributed by atoms with Crippen LogP contribution in [0.1, 0.15) is 0 Å². The van der Waals surface area contributed by atoms with Gasteiger partial charge in [-0.05, 0) is 48.5 Å². The van der Waals surface area contributed by atoms with Crippen molar-refractivity contribution in [1.29, 1.82) is 0 Å². The van der Waals surface area contributed by atoms with Gasteiger partial charge in [0, 0.05) is 23.0 Å². The molecule has 3 nitrogen and oxygen atoms in total. The lowest BCUT2D eigenvalue weighted by Crippen LogP contribution is -1.92. The molecule has 0 bridgehead atoms. The zero-order valence-corrected chi connectivity index (χ0v) is 10.1. The van der Waals surface area contributed by atoms with Gasteiger partial charge in [-0.15, -0.1) is 0 Å². The maximum Gasteiger partial charge on any atom is 0.119 e. The second kappa shape index (κ2) is 4.11. The van der Waals surface area contributed by atoms with E-state index in [1.807, 2.05) is 48.7 Å². The van der Waals surface area contributed by atoms with Crippen molar-refractivity contribution < 1.29 is 4.74 Å². The van der Waals surface area contributed by atoms with Crippen LogP contribution in [-0.2, 0) is 0 Å². The number of benzene rings is 2. The molecule has 3 rings (SSSR count). The number of anilines is 1. The highest BCUT2D eigenvalue weighted by Gasteiger charge is 2.03. The summed E-state index contributed by atoms with van der Waals surface area (Å²) in [7, 11) is 1.67. The molecule has 0 saturated heterocycles. The fourth-order valence-electron chi connectivity index (χ4n) is 2.13. The van der Waals surface area contributed by atoms with Crippen molar-refractivity contribution in [3.8, 4) is 11.4 Å². The van der Waals surface area contributed by atoms with E-state index in [9.17, 15) is 0 Å². The number of aromatic nitrogens is 1. The van der Waals surface area contributed by atoms with Crippen LogP contribution in [0.25, 0.3) is 16.6 Å². The number of nitrogen functional groups attached to an aromatic ring is 1. The van der Waals surface area contributed by atoms with Crippen molar-refractivity contribution >= 4 is 16.6 Å². The first kappa shape index (κ1) is 10.7. The molecule has 0 aliphatic carbocycles. The Morgan fingerprint density at radius 3 is 2.50 bits per heavy atom. The Kier molecular flexibility index (Phi) is 2.45. The molecule has 2 N–H and O–H groups in total. The lowest BCUT2D eigenvalue weighted by molar-refractivity contribution is 0.415. The van der Waals surface area contributed by atoms with Crippen molar-refractivity contribution in [2.45, 2.75) is 0 Å². The molecule has 0 amide bonds. The molecule has 0 fully saturated rings. The largest absolute Gasteiger partial charge is 0.497 e. The van der Waals surface area contributed by atoms with Gasteiger partial charge in [-0.3, -0.25) is 0 Å². The monoisotopic (exact) mass is 238 g/mol. The molecule has 0 spiro atoms. The minimum Gasteiger partial charge on any atom is -0.497 e. The van der Waals surface area contributed by atoms with Crippen molar-refractivity contribution in [2.75, 3.05) is 12.8 Å². The van der Waals surface area contributed by atoms with E-state index in [4.69, 9.17) is 10.5 Å². The van der Waals surface area contributed by atoms with Gasteiger partial charge in [0.05, 0.1) is 12.6 Å². The van der Waals surface area contributed by atoms with Gasteiger partial charge in [0.1, 0.15) is 5.75 Å². The highest BCUT2D eigenvalue weighted by Crippen LogP contribution is 2.23. The van der Waals surface area contributed by atoms with E-state index in [1.165, 1.54) is 0 Å². The fourth-order valence-corrected chi connectivity index (χ4v) is 2.13. The lowest BCUT2D eigenvalue weighted by Gasteiger charge is -2.07. The van der Waals surface area contributed by atoms with Crippen LogP contribution in [0.3, 0.4) is 0 Å². The third-order valence-corrected chi connectivity index (χ3v) is 3.06. The molecule has 2 aromatic carbocycles. The second-order valence-corrected chi connectivity index (χ2v) is 4.20. The number of ether oxygens (including phenoxy) is 1. The van der Waals surface area contributed by atoms with Crippen LogP contribution >= 0.6 is 0 Å². The number of fused-ring (bicyclic) bond motifs is 1. The van der Waals surface area contributed by atoms with E-state index in [2.05, 4.69) is 10.6 Å². The molecule has 3 aromatic rings. The molecule has 0 saturated carbocycles. The Morgan fingerprint density at radius 1 is 1.00 bits per heavy atom. The third kappa shape index (κ3) is 1.70. The number of nitrogens with zero attached hydrogens (tertiary/aromatic N) is 1. The predicted octanol–water partition coefficient (Wildman–Crippen LogP) is 3.22. The van der Waals surface area contributed by atoms with Gasteiger partial charge in [-0.1, -0.05) is 0 Å². The summed E-state index contributed by atoms with van der Waals surface area (Å²) in [6, 6.07) is 16.0. The summed E-state index contributed by atoms with van der Waals surface area (Å²) in [4.78, 5) is 0. The van der Waals surface area contributed by atoms with Crippen LogP contribution in [-0.4, -0.2) is 11.7 Å². The van der Waals surface area contributed by atoms with Crippen LogP contribution in [0.2, 0.25) is 0 Å². The quantitative estimate of drug-likeness (QED) is 0.696. The summed E-state index contributed by atoms with van der Waals surface area (Å²) in [6.07, 6.45) is 2.05. The molecule has 1 aromatic heterocycles. The molecular weight excluding hydrogens is 224 g/mol. The molecule has 0 radical (unpaired) electrons. The Bertz CT molecular complexity index is 683. The Hall–Kier alpha value is -2.42. The molecule has 0 unspecified atom stereocenters. The van der Waals surface area contributed by atoms with E-state index in [0.29, 0.717) is 0 Å². The van der Waals surface area contributed by atoms with Crippen molar-refractivity contribution in [3.63, 3.8) is 0 Å². The van der Waals surface area contributed by atoms with Crippen LogP contribution in [0.15, 0.2) is 54.7 Å². The summed E-state index contributed by atoms with van der Waals surface area (Å²) in [6.45, 7) is 0. The van der Waals surface area contributed by atoms with Crippen LogP contribution < -0.4 is 10.5 Å². The SMILES string of the molecule is COc1ccc(-n2ccc3cc(N)ccc32)cc1. The Morgan fingerprint density at radius 2 is 1.78 bits per heavy atom. The highest BCUT2D eigenvalue weighted by molar-refractivity contribution is 5.84. The summed E-state index contributed by atoms with van der Waals surface area (Å²) in [5.41, 5.74) is 8.83. The minimum absolute atomic E-state index is 0.787. The van der Waals surface area contributed by atoms with Gasteiger partial charge in [0.2, 0.25) is 0 Å². The first-order valence-corrected chi connectivity index (χ1v) is 5.79. The maximum absolute atomic E-state index is 5.78. The van der Waals surface area contributed by atoms with Gasteiger partial charge in [-0.2, -0.15) is 0 Å². The number of hydrogen-bond acceptors (Lipinski definition) is 2. The fraction of sp³-hybridized carbons (Fsp3) is 0.0667. The Balaban J connectivity index is 2.13. The standard InChI is InChI=1S/C15H14N2O/c1-18-14-5-3-13(4-6-14)17-9-8-11-10-12(16)2-7-15(11)17/h2-10H,16H2,1H3. The molecule has 0 aliphatic heterocycles. The van der Waals surface area contributed by atoms with E-state index in [1.54, 1.807) is 7.11 Å². The molecule has 0 atom stereocenters. The number of rotatable bonds is 2. The van der Waals surface area contributed by atoms with E-state index in [0.717, 1.165) is 28.0 Å². The van der Waals surface area contributed by atoms with E-state index >= 15 is 0 Å². The molecule has 0 aliphatic rings. The first-order chi connectivity index (χ1) is 8.78. The lowest BCUT2D eigenvalue weighted by atomic mass is 10.2. The maximum atomic E-state index is 5.78. The molecule has 90 valence electrons. The van der Waals surface area contributed by atoms with Gasteiger partial charge in [-0.25, -0.2) is 0 Å². The smallest absolute Gasteiger partial charge is 0.119 e. The summed E-state index contributed by atoms with van der Waals surface area (Å²) >= 11 is 0. The summed E-state index contributed by atoms with van der Waals surface area (Å²) in [5.74, 6) is 0.861. The van der Waals surface area contributed by atoms with Crippen molar-refractivity contribution in [1.82, 2.24) is 4.57 Å². The molecule has 1 heterocycles. The minimum atomic E-state index is 0.787. The topological polar surface area (TPSA) is 40.2 Å². The zero-order chi connectivity index (χ0) is 12.5. The zero-order valence-electron chi connectivity index (χ0n) is 10.1. The summed E-state index contributed by atoms with van der Waals surface area (Å²) < 4.78 is 7.30. The average molecular weight is 238 g/mol. The normalized spacial score (nSPS) is 10.7. The summed E-state index contributed by atoms with van der Waals surface area (Å²) in [5, 5.41) is 1.14. The number of hydrogen-bond donors (Lipinski definition) is 1. The van der Waals surface area contributed by atoms with Gasteiger partial charge in [0.25, 0.3) is 0 Å². The van der Waals surface area contributed by atoms with E-state index < -0.39 is 0 Å². The predicted molar refractivity (Wildman–Crippen MR) is 74.2 cm³/mol. The molecule has 3 heteroatoms.